The van der Waals surface area contributed by atoms with Crippen LogP contribution >= 0.6 is 11.6 Å². The maximum atomic E-state index is 13.0. The first-order valence-electron chi connectivity index (χ1n) is 10.8. The lowest BCUT2D eigenvalue weighted by molar-refractivity contribution is -0.274. The van der Waals surface area contributed by atoms with Gasteiger partial charge in [-0.05, 0) is 37.5 Å². The Hall–Kier alpha value is -3.60. The lowest BCUT2D eigenvalue weighted by Crippen LogP contribution is -2.51. The van der Waals surface area contributed by atoms with Gasteiger partial charge in [0.25, 0.3) is 0 Å². The van der Waals surface area contributed by atoms with Crippen molar-refractivity contribution in [2.75, 3.05) is 11.9 Å². The Kier molecular flexibility index (Phi) is 7.25. The Morgan fingerprint density at radius 3 is 2.54 bits per heavy atom. The predicted octanol–water partition coefficient (Wildman–Crippen LogP) is 4.52. The molecule has 0 radical (unpaired) electrons. The summed E-state index contributed by atoms with van der Waals surface area (Å²) in [6.45, 7) is 0.366. The molecule has 35 heavy (non-hydrogen) atoms. The van der Waals surface area contributed by atoms with Crippen LogP contribution in [0.1, 0.15) is 19.3 Å². The number of amides is 2. The normalized spacial score (nSPS) is 16.1. The number of hydrogen-bond donors (Lipinski definition) is 1. The zero-order valence-corrected chi connectivity index (χ0v) is 19.1. The quantitative estimate of drug-likeness (QED) is 0.530. The smallest absolute Gasteiger partial charge is 0.405 e. The van der Waals surface area contributed by atoms with E-state index >= 15 is 0 Å². The van der Waals surface area contributed by atoms with Crippen molar-refractivity contribution < 1.29 is 27.5 Å². The number of likely N-dealkylation sites (tertiary alicyclic amines) is 1. The van der Waals surface area contributed by atoms with E-state index < -0.39 is 12.4 Å². The molecular formula is C23H21ClF3N5O3. The molecule has 12 heteroatoms. The van der Waals surface area contributed by atoms with Crippen LogP contribution in [0.15, 0.2) is 54.9 Å². The fraction of sp³-hybridized carbons (Fsp3) is 0.304. The fourth-order valence-electron chi connectivity index (χ4n) is 3.98. The Morgan fingerprint density at radius 1 is 1.09 bits per heavy atom. The summed E-state index contributed by atoms with van der Waals surface area (Å²) in [4.78, 5) is 28.6. The average Bonchev–Trinajstić information content (AvgIpc) is 3.32. The Morgan fingerprint density at radius 2 is 1.83 bits per heavy atom. The van der Waals surface area contributed by atoms with Crippen LogP contribution in [0, 0.1) is 0 Å². The SMILES string of the molecule is O=C(Nc1ccc(-c2ccccc2OC(F)(F)F)c(Cl)c1)C1CCCCN1C(=O)Cn1nccn1. The van der Waals surface area contributed by atoms with Gasteiger partial charge >= 0.3 is 6.36 Å². The molecule has 0 bridgehead atoms. The first-order chi connectivity index (χ1) is 16.7. The van der Waals surface area contributed by atoms with Crippen LogP contribution in [0.2, 0.25) is 5.02 Å². The molecule has 4 rings (SSSR count). The minimum absolute atomic E-state index is 0.0727. The first kappa shape index (κ1) is 24.5. The fourth-order valence-corrected chi connectivity index (χ4v) is 4.26. The summed E-state index contributed by atoms with van der Waals surface area (Å²) in [5, 5.41) is 10.7. The Balaban J connectivity index is 1.49. The van der Waals surface area contributed by atoms with Gasteiger partial charge in [-0.25, -0.2) is 0 Å². The van der Waals surface area contributed by atoms with Crippen LogP contribution in [0.4, 0.5) is 18.9 Å². The number of halogens is 4. The minimum atomic E-state index is -4.85. The van der Waals surface area contributed by atoms with E-state index in [9.17, 15) is 22.8 Å². The Labute approximate surface area is 203 Å². The number of ether oxygens (including phenoxy) is 1. The number of piperidine rings is 1. The second-order valence-corrected chi connectivity index (χ2v) is 8.29. The first-order valence-corrected chi connectivity index (χ1v) is 11.2. The van der Waals surface area contributed by atoms with Crippen molar-refractivity contribution in [2.24, 2.45) is 0 Å². The van der Waals surface area contributed by atoms with E-state index in [0.29, 0.717) is 24.2 Å². The summed E-state index contributed by atoms with van der Waals surface area (Å²) in [5.41, 5.74) is 0.819. The summed E-state index contributed by atoms with van der Waals surface area (Å²) < 4.78 is 42.4. The highest BCUT2D eigenvalue weighted by Gasteiger charge is 2.33. The maximum Gasteiger partial charge on any atom is 0.573 e. The maximum absolute atomic E-state index is 13.0. The van der Waals surface area contributed by atoms with E-state index in [1.54, 1.807) is 6.07 Å². The van der Waals surface area contributed by atoms with Gasteiger partial charge in [0.2, 0.25) is 11.8 Å². The third-order valence-corrected chi connectivity index (χ3v) is 5.82. The molecular weight excluding hydrogens is 487 g/mol. The minimum Gasteiger partial charge on any atom is -0.405 e. The van der Waals surface area contributed by atoms with E-state index in [1.807, 2.05) is 0 Å². The topological polar surface area (TPSA) is 89.4 Å². The van der Waals surface area contributed by atoms with Crippen molar-refractivity contribution in [1.29, 1.82) is 0 Å². The van der Waals surface area contributed by atoms with Crippen LogP contribution in [-0.2, 0) is 16.1 Å². The van der Waals surface area contributed by atoms with E-state index in [2.05, 4.69) is 20.3 Å². The molecule has 0 saturated carbocycles. The van der Waals surface area contributed by atoms with Gasteiger partial charge in [0.1, 0.15) is 18.3 Å². The summed E-state index contributed by atoms with van der Waals surface area (Å²) >= 11 is 6.37. The van der Waals surface area contributed by atoms with Crippen LogP contribution in [0.25, 0.3) is 11.1 Å². The number of hydrogen-bond acceptors (Lipinski definition) is 5. The number of carbonyl (C=O) groups excluding carboxylic acids is 2. The highest BCUT2D eigenvalue weighted by Crippen LogP contribution is 2.38. The second-order valence-electron chi connectivity index (χ2n) is 7.89. The van der Waals surface area contributed by atoms with Crippen molar-refractivity contribution in [3.63, 3.8) is 0 Å². The molecule has 2 aromatic carbocycles. The van der Waals surface area contributed by atoms with Crippen molar-refractivity contribution in [1.82, 2.24) is 19.9 Å². The molecule has 1 atom stereocenters. The number of alkyl halides is 3. The van der Waals surface area contributed by atoms with E-state index in [4.69, 9.17) is 11.6 Å². The number of anilines is 1. The lowest BCUT2D eigenvalue weighted by atomic mass is 10.0. The number of aromatic nitrogens is 3. The molecule has 0 spiro atoms. The predicted molar refractivity (Wildman–Crippen MR) is 122 cm³/mol. The average molecular weight is 508 g/mol. The third kappa shape index (κ3) is 6.10. The number of rotatable bonds is 6. The molecule has 8 nitrogen and oxygen atoms in total. The number of para-hydroxylation sites is 1. The molecule has 1 N–H and O–H groups in total. The van der Waals surface area contributed by atoms with Crippen molar-refractivity contribution >= 4 is 29.1 Å². The van der Waals surface area contributed by atoms with Gasteiger partial charge < -0.3 is 15.0 Å². The number of nitrogens with zero attached hydrogens (tertiary/aromatic N) is 4. The van der Waals surface area contributed by atoms with Gasteiger partial charge in [-0.15, -0.1) is 13.2 Å². The van der Waals surface area contributed by atoms with Crippen LogP contribution in [0.5, 0.6) is 5.75 Å². The molecule has 1 aromatic heterocycles. The summed E-state index contributed by atoms with van der Waals surface area (Å²) in [6, 6.07) is 9.46. The molecule has 0 aliphatic carbocycles. The lowest BCUT2D eigenvalue weighted by Gasteiger charge is -2.34. The highest BCUT2D eigenvalue weighted by molar-refractivity contribution is 6.33. The molecule has 1 fully saturated rings. The van der Waals surface area contributed by atoms with Crippen LogP contribution in [-0.4, -0.2) is 50.7 Å². The summed E-state index contributed by atoms with van der Waals surface area (Å²) in [6.07, 6.45) is 0.147. The molecule has 2 amide bonds. The molecule has 1 unspecified atom stereocenters. The van der Waals surface area contributed by atoms with Gasteiger partial charge in [-0.1, -0.05) is 35.9 Å². The van der Waals surface area contributed by atoms with Gasteiger partial charge in [0.15, 0.2) is 0 Å². The standard InChI is InChI=1S/C23H21ClF3N5O3/c24-18-13-15(8-9-16(18)17-5-1-2-7-20(17)35-23(25,26)27)30-22(34)19-6-3-4-12-31(19)21(33)14-32-28-10-11-29-32/h1-2,5,7-11,13,19H,3-4,6,12,14H2,(H,30,34). The monoisotopic (exact) mass is 507 g/mol. The number of benzene rings is 2. The van der Waals surface area contributed by atoms with Crippen molar-refractivity contribution in [3.05, 3.63) is 59.9 Å². The zero-order valence-electron chi connectivity index (χ0n) is 18.3. The second kappa shape index (κ2) is 10.3. The zero-order chi connectivity index (χ0) is 25.0. The third-order valence-electron chi connectivity index (χ3n) is 5.51. The largest absolute Gasteiger partial charge is 0.573 e. The van der Waals surface area contributed by atoms with E-state index in [0.717, 1.165) is 12.8 Å². The molecule has 3 aromatic rings. The van der Waals surface area contributed by atoms with Crippen LogP contribution in [0.3, 0.4) is 0 Å². The van der Waals surface area contributed by atoms with Gasteiger partial charge in [-0.3, -0.25) is 9.59 Å². The summed E-state index contributed by atoms with van der Waals surface area (Å²) in [5.74, 6) is -1.03. The van der Waals surface area contributed by atoms with Crippen molar-refractivity contribution in [2.45, 2.75) is 38.2 Å². The molecule has 184 valence electrons. The highest BCUT2D eigenvalue weighted by atomic mass is 35.5. The Bertz CT molecular complexity index is 1200. The van der Waals surface area contributed by atoms with Gasteiger partial charge in [0, 0.05) is 23.4 Å². The van der Waals surface area contributed by atoms with Crippen molar-refractivity contribution in [3.8, 4) is 16.9 Å². The molecule has 1 aliphatic rings. The van der Waals surface area contributed by atoms with E-state index in [1.165, 1.54) is 58.5 Å². The summed E-state index contributed by atoms with van der Waals surface area (Å²) in [7, 11) is 0. The van der Waals surface area contributed by atoms with Gasteiger partial charge in [0.05, 0.1) is 17.4 Å². The van der Waals surface area contributed by atoms with E-state index in [-0.39, 0.29) is 34.7 Å². The number of nitrogens with one attached hydrogen (secondary N) is 1. The number of carbonyl (C=O) groups is 2. The van der Waals surface area contributed by atoms with Gasteiger partial charge in [-0.2, -0.15) is 15.0 Å². The molecule has 1 aliphatic heterocycles. The molecule has 1 saturated heterocycles. The molecule has 2 heterocycles. The van der Waals surface area contributed by atoms with Crippen LogP contribution < -0.4 is 10.1 Å².